The van der Waals surface area contributed by atoms with Crippen molar-refractivity contribution in [2.24, 2.45) is 0 Å². The lowest BCUT2D eigenvalue weighted by Gasteiger charge is -2.32. The quantitative estimate of drug-likeness (QED) is 0.408. The third-order valence-corrected chi connectivity index (χ3v) is 6.01. The molecule has 0 spiro atoms. The first-order valence-corrected chi connectivity index (χ1v) is 11.9. The molecule has 1 atom stereocenters. The molecule has 1 unspecified atom stereocenters. The van der Waals surface area contributed by atoms with E-state index in [0.29, 0.717) is 41.8 Å². The molecule has 5 nitrogen and oxygen atoms in total. The summed E-state index contributed by atoms with van der Waals surface area (Å²) in [5.74, 6) is 0.658. The van der Waals surface area contributed by atoms with Gasteiger partial charge in [-0.3, -0.25) is 14.2 Å². The highest BCUT2D eigenvalue weighted by Crippen LogP contribution is 2.26. The standard InChI is InChI=1S/C27H35N3O2/c1-5-9-12-20-15-17-21(18-16-20)26(31)30(19-6-2)24(7-3)25-28-23-14-11-10-13-22(23)27(32)29(25)8-4/h10-11,13-18,24H,5-9,12,19H2,1-4H3. The Morgan fingerprint density at radius 1 is 1.00 bits per heavy atom. The average Bonchev–Trinajstić information content (AvgIpc) is 2.83. The van der Waals surface area contributed by atoms with Crippen LogP contribution in [0, 0.1) is 0 Å². The molecule has 1 amide bonds. The summed E-state index contributed by atoms with van der Waals surface area (Å²) in [7, 11) is 0. The van der Waals surface area contributed by atoms with Gasteiger partial charge in [0.1, 0.15) is 5.82 Å². The molecule has 0 saturated carbocycles. The van der Waals surface area contributed by atoms with E-state index in [-0.39, 0.29) is 17.5 Å². The van der Waals surface area contributed by atoms with Crippen LogP contribution >= 0.6 is 0 Å². The Hall–Kier alpha value is -2.95. The molecular weight excluding hydrogens is 398 g/mol. The number of carbonyl (C=O) groups excluding carboxylic acids is 1. The van der Waals surface area contributed by atoms with Crippen molar-refractivity contribution < 1.29 is 4.79 Å². The molecule has 0 aliphatic carbocycles. The van der Waals surface area contributed by atoms with Crippen molar-refractivity contribution in [2.75, 3.05) is 6.54 Å². The Labute approximate surface area is 191 Å². The Kier molecular flexibility index (Phi) is 8.20. The van der Waals surface area contributed by atoms with E-state index < -0.39 is 0 Å². The van der Waals surface area contributed by atoms with Crippen molar-refractivity contribution in [1.82, 2.24) is 14.5 Å². The summed E-state index contributed by atoms with van der Waals surface area (Å²) >= 11 is 0. The molecule has 3 aromatic rings. The van der Waals surface area contributed by atoms with Crippen LogP contribution in [-0.4, -0.2) is 26.9 Å². The fraction of sp³-hybridized carbons (Fsp3) is 0.444. The molecule has 0 bridgehead atoms. The fourth-order valence-electron chi connectivity index (χ4n) is 4.29. The minimum atomic E-state index is -0.264. The minimum absolute atomic E-state index is 0.00852. The Morgan fingerprint density at radius 2 is 1.72 bits per heavy atom. The highest BCUT2D eigenvalue weighted by atomic mass is 16.2. The molecule has 170 valence electrons. The molecule has 32 heavy (non-hydrogen) atoms. The average molecular weight is 434 g/mol. The van der Waals surface area contributed by atoms with Crippen LogP contribution in [-0.2, 0) is 13.0 Å². The second kappa shape index (κ2) is 11.1. The lowest BCUT2D eigenvalue weighted by molar-refractivity contribution is 0.0657. The van der Waals surface area contributed by atoms with Gasteiger partial charge in [0.05, 0.1) is 16.9 Å². The molecule has 1 heterocycles. The zero-order valence-electron chi connectivity index (χ0n) is 19.8. The van der Waals surface area contributed by atoms with Gasteiger partial charge in [0, 0.05) is 18.7 Å². The van der Waals surface area contributed by atoms with E-state index in [1.165, 1.54) is 5.56 Å². The summed E-state index contributed by atoms with van der Waals surface area (Å²) in [5.41, 5.74) is 2.58. The Balaban J connectivity index is 2.02. The van der Waals surface area contributed by atoms with Crippen molar-refractivity contribution in [3.8, 4) is 0 Å². The second-order valence-electron chi connectivity index (χ2n) is 8.26. The normalized spacial score (nSPS) is 12.1. The number of unbranched alkanes of at least 4 members (excludes halogenated alkanes) is 1. The van der Waals surface area contributed by atoms with Crippen molar-refractivity contribution >= 4 is 16.8 Å². The molecule has 1 aromatic heterocycles. The zero-order chi connectivity index (χ0) is 23.1. The number of amides is 1. The van der Waals surface area contributed by atoms with Gasteiger partial charge in [-0.2, -0.15) is 0 Å². The number of aromatic nitrogens is 2. The van der Waals surface area contributed by atoms with Crippen LogP contribution in [0.25, 0.3) is 10.9 Å². The Morgan fingerprint density at radius 3 is 2.34 bits per heavy atom. The van der Waals surface area contributed by atoms with Gasteiger partial charge in [-0.25, -0.2) is 4.98 Å². The van der Waals surface area contributed by atoms with Gasteiger partial charge in [-0.15, -0.1) is 0 Å². The number of aryl methyl sites for hydroxylation is 1. The largest absolute Gasteiger partial charge is 0.328 e. The summed E-state index contributed by atoms with van der Waals surface area (Å²) in [4.78, 5) is 33.5. The topological polar surface area (TPSA) is 55.2 Å². The van der Waals surface area contributed by atoms with E-state index >= 15 is 0 Å². The predicted octanol–water partition coefficient (Wildman–Crippen LogP) is 5.76. The van der Waals surface area contributed by atoms with Gasteiger partial charge in [0.25, 0.3) is 11.5 Å². The highest BCUT2D eigenvalue weighted by molar-refractivity contribution is 5.94. The summed E-state index contributed by atoms with van der Waals surface area (Å²) in [6.07, 6.45) is 4.85. The van der Waals surface area contributed by atoms with Gasteiger partial charge in [-0.05, 0) is 62.4 Å². The van der Waals surface area contributed by atoms with Crippen LogP contribution < -0.4 is 5.56 Å². The number of fused-ring (bicyclic) bond motifs is 1. The number of benzene rings is 2. The monoisotopic (exact) mass is 433 g/mol. The van der Waals surface area contributed by atoms with E-state index in [1.807, 2.05) is 48.2 Å². The molecule has 0 aliphatic rings. The van der Waals surface area contributed by atoms with Crippen LogP contribution in [0.5, 0.6) is 0 Å². The maximum atomic E-state index is 13.6. The van der Waals surface area contributed by atoms with Crippen molar-refractivity contribution in [3.05, 3.63) is 75.8 Å². The maximum Gasteiger partial charge on any atom is 0.261 e. The third-order valence-electron chi connectivity index (χ3n) is 6.01. The van der Waals surface area contributed by atoms with E-state index in [1.54, 1.807) is 4.57 Å². The lowest BCUT2D eigenvalue weighted by Crippen LogP contribution is -2.39. The number of carbonyl (C=O) groups is 1. The first-order valence-electron chi connectivity index (χ1n) is 11.9. The summed E-state index contributed by atoms with van der Waals surface area (Å²) in [5, 5.41) is 0.615. The molecule has 0 aliphatic heterocycles. The molecule has 5 heteroatoms. The number of hydrogen-bond acceptors (Lipinski definition) is 3. The highest BCUT2D eigenvalue weighted by Gasteiger charge is 2.28. The summed E-state index contributed by atoms with van der Waals surface area (Å²) in [6, 6.07) is 15.2. The molecule has 0 radical (unpaired) electrons. The van der Waals surface area contributed by atoms with Crippen LogP contribution in [0.4, 0.5) is 0 Å². The Bertz CT molecular complexity index is 1100. The predicted molar refractivity (Wildman–Crippen MR) is 131 cm³/mol. The molecule has 0 fully saturated rings. The van der Waals surface area contributed by atoms with Gasteiger partial charge < -0.3 is 4.90 Å². The first-order chi connectivity index (χ1) is 15.5. The van der Waals surface area contributed by atoms with E-state index in [0.717, 1.165) is 25.7 Å². The molecule has 0 N–H and O–H groups in total. The number of para-hydroxylation sites is 1. The van der Waals surface area contributed by atoms with Crippen LogP contribution in [0.2, 0.25) is 0 Å². The smallest absolute Gasteiger partial charge is 0.261 e. The van der Waals surface area contributed by atoms with Crippen LogP contribution in [0.3, 0.4) is 0 Å². The SMILES string of the molecule is CCCCc1ccc(C(=O)N(CCC)C(CC)c2nc3ccccc3c(=O)n2CC)cc1. The molecule has 0 saturated heterocycles. The first kappa shape index (κ1) is 23.7. The summed E-state index contributed by atoms with van der Waals surface area (Å²) in [6.45, 7) is 9.39. The van der Waals surface area contributed by atoms with Gasteiger partial charge in [0.15, 0.2) is 0 Å². The van der Waals surface area contributed by atoms with E-state index in [9.17, 15) is 9.59 Å². The van der Waals surface area contributed by atoms with Gasteiger partial charge in [-0.1, -0.05) is 51.5 Å². The fourth-order valence-corrected chi connectivity index (χ4v) is 4.29. The van der Waals surface area contributed by atoms with E-state index in [4.69, 9.17) is 4.98 Å². The van der Waals surface area contributed by atoms with Crippen molar-refractivity contribution in [3.63, 3.8) is 0 Å². The molecule has 2 aromatic carbocycles. The molecular formula is C27H35N3O2. The van der Waals surface area contributed by atoms with Gasteiger partial charge >= 0.3 is 0 Å². The van der Waals surface area contributed by atoms with Crippen molar-refractivity contribution in [2.45, 2.75) is 72.4 Å². The zero-order valence-corrected chi connectivity index (χ0v) is 19.8. The number of nitrogens with zero attached hydrogens (tertiary/aromatic N) is 3. The van der Waals surface area contributed by atoms with Gasteiger partial charge in [0.2, 0.25) is 0 Å². The maximum absolute atomic E-state index is 13.6. The van der Waals surface area contributed by atoms with Crippen molar-refractivity contribution in [1.29, 1.82) is 0 Å². The lowest BCUT2D eigenvalue weighted by atomic mass is 10.0. The summed E-state index contributed by atoms with van der Waals surface area (Å²) < 4.78 is 1.72. The van der Waals surface area contributed by atoms with E-state index in [2.05, 4.69) is 32.9 Å². The third kappa shape index (κ3) is 4.93. The second-order valence-corrected chi connectivity index (χ2v) is 8.26. The number of rotatable bonds is 10. The van der Waals surface area contributed by atoms with Crippen LogP contribution in [0.15, 0.2) is 53.3 Å². The molecule has 3 rings (SSSR count). The minimum Gasteiger partial charge on any atom is -0.328 e. The van der Waals surface area contributed by atoms with Crippen LogP contribution in [0.1, 0.15) is 81.2 Å². The number of hydrogen-bond donors (Lipinski definition) is 0.